The molecule has 0 aliphatic heterocycles. The summed E-state index contributed by atoms with van der Waals surface area (Å²) in [6.45, 7) is 3.28. The first kappa shape index (κ1) is 20.7. The summed E-state index contributed by atoms with van der Waals surface area (Å²) in [5.41, 5.74) is 6.79. The Balaban J connectivity index is 0.00000261. The topological polar surface area (TPSA) is 90.4 Å². The van der Waals surface area contributed by atoms with E-state index in [9.17, 15) is 0 Å². The van der Waals surface area contributed by atoms with Crippen molar-refractivity contribution in [1.29, 1.82) is 0 Å². The van der Waals surface area contributed by atoms with E-state index in [1.807, 2.05) is 66.1 Å². The fourth-order valence-corrected chi connectivity index (χ4v) is 2.47. The Labute approximate surface area is 175 Å². The van der Waals surface area contributed by atoms with Crippen molar-refractivity contribution in [2.24, 2.45) is 10.7 Å². The van der Waals surface area contributed by atoms with Crippen molar-refractivity contribution in [2.75, 3.05) is 11.9 Å². The second-order valence-corrected chi connectivity index (χ2v) is 5.63. The molecule has 3 rings (SSSR count). The number of aromatic nitrogens is 3. The van der Waals surface area contributed by atoms with Gasteiger partial charge < -0.3 is 20.4 Å². The molecule has 3 N–H and O–H groups in total. The van der Waals surface area contributed by atoms with Crippen LogP contribution in [0.2, 0.25) is 0 Å². The normalized spacial score (nSPS) is 10.9. The third-order valence-corrected chi connectivity index (χ3v) is 3.72. The van der Waals surface area contributed by atoms with Crippen LogP contribution in [0.4, 0.5) is 5.69 Å². The Morgan fingerprint density at radius 3 is 2.70 bits per heavy atom. The Morgan fingerprint density at radius 1 is 1.15 bits per heavy atom. The number of halogens is 1. The van der Waals surface area contributed by atoms with Gasteiger partial charge in [-0.2, -0.15) is 0 Å². The molecule has 0 aliphatic rings. The second-order valence-electron chi connectivity index (χ2n) is 5.63. The number of anilines is 1. The largest absolute Gasteiger partial charge is 0.457 e. The third kappa shape index (κ3) is 6.24. The average Bonchev–Trinajstić information content (AvgIpc) is 3.10. The Hall–Kier alpha value is -2.62. The summed E-state index contributed by atoms with van der Waals surface area (Å²) in [5.74, 6) is 2.81. The molecule has 142 valence electrons. The van der Waals surface area contributed by atoms with E-state index in [-0.39, 0.29) is 24.0 Å². The summed E-state index contributed by atoms with van der Waals surface area (Å²) in [7, 11) is 0. The lowest BCUT2D eigenvalue weighted by molar-refractivity contribution is 0.483. The molecule has 0 radical (unpaired) electrons. The number of guanidine groups is 1. The third-order valence-electron chi connectivity index (χ3n) is 3.72. The molecule has 0 saturated carbocycles. The maximum absolute atomic E-state index is 5.98. The SMILES string of the molecule is CCc1nncn1CCN=C(N)Nc1cccc(Oc2ccccc2)c1.I. The van der Waals surface area contributed by atoms with E-state index in [2.05, 4.69) is 20.5 Å². The molecular weight excluding hydrogens is 455 g/mol. The second kappa shape index (κ2) is 10.5. The van der Waals surface area contributed by atoms with Gasteiger partial charge in [0.25, 0.3) is 0 Å². The van der Waals surface area contributed by atoms with Gasteiger partial charge in [0.05, 0.1) is 6.54 Å². The number of ether oxygens (including phenoxy) is 1. The summed E-state index contributed by atoms with van der Waals surface area (Å²) in [5, 5.41) is 11.0. The van der Waals surface area contributed by atoms with E-state index in [1.165, 1.54) is 0 Å². The quantitative estimate of drug-likeness (QED) is 0.307. The van der Waals surface area contributed by atoms with Crippen molar-refractivity contribution in [3.63, 3.8) is 0 Å². The molecule has 2 aromatic carbocycles. The van der Waals surface area contributed by atoms with Crippen LogP contribution in [0, 0.1) is 0 Å². The van der Waals surface area contributed by atoms with Crippen molar-refractivity contribution in [2.45, 2.75) is 19.9 Å². The molecule has 0 atom stereocenters. The Bertz CT molecular complexity index is 865. The molecule has 0 unspecified atom stereocenters. The van der Waals surface area contributed by atoms with Gasteiger partial charge in [-0.3, -0.25) is 4.99 Å². The molecule has 1 aromatic heterocycles. The molecule has 1 heterocycles. The highest BCUT2D eigenvalue weighted by molar-refractivity contribution is 14.0. The van der Waals surface area contributed by atoms with Crippen molar-refractivity contribution in [1.82, 2.24) is 14.8 Å². The summed E-state index contributed by atoms with van der Waals surface area (Å²) >= 11 is 0. The van der Waals surface area contributed by atoms with Gasteiger partial charge in [-0.25, -0.2) is 0 Å². The zero-order valence-corrected chi connectivity index (χ0v) is 17.4. The Kier molecular flexibility index (Phi) is 8.05. The van der Waals surface area contributed by atoms with Crippen LogP contribution in [-0.2, 0) is 13.0 Å². The summed E-state index contributed by atoms with van der Waals surface area (Å²) < 4.78 is 7.80. The van der Waals surface area contributed by atoms with Crippen LogP contribution in [-0.4, -0.2) is 27.3 Å². The number of aryl methyl sites for hydroxylation is 1. The molecular formula is C19H23IN6O. The maximum Gasteiger partial charge on any atom is 0.193 e. The number of rotatable bonds is 7. The van der Waals surface area contributed by atoms with Crippen molar-refractivity contribution in [3.8, 4) is 11.5 Å². The molecule has 0 aliphatic carbocycles. The summed E-state index contributed by atoms with van der Waals surface area (Å²) in [6.07, 6.45) is 2.55. The fraction of sp³-hybridized carbons (Fsp3) is 0.211. The lowest BCUT2D eigenvalue weighted by Crippen LogP contribution is -2.23. The van der Waals surface area contributed by atoms with Gasteiger partial charge in [-0.15, -0.1) is 34.2 Å². The minimum absolute atomic E-state index is 0. The number of nitrogens with two attached hydrogens (primary N) is 1. The van der Waals surface area contributed by atoms with Crippen LogP contribution in [0.25, 0.3) is 0 Å². The number of nitrogens with one attached hydrogen (secondary N) is 1. The average molecular weight is 478 g/mol. The fourth-order valence-electron chi connectivity index (χ4n) is 2.47. The van der Waals surface area contributed by atoms with Crippen LogP contribution in [0.5, 0.6) is 11.5 Å². The van der Waals surface area contributed by atoms with Crippen LogP contribution < -0.4 is 15.8 Å². The first-order valence-electron chi connectivity index (χ1n) is 8.51. The van der Waals surface area contributed by atoms with Gasteiger partial charge in [0.2, 0.25) is 0 Å². The van der Waals surface area contributed by atoms with Gasteiger partial charge in [-0.05, 0) is 24.3 Å². The molecule has 0 amide bonds. The van der Waals surface area contributed by atoms with Crippen molar-refractivity contribution in [3.05, 3.63) is 66.7 Å². The number of nitrogens with zero attached hydrogens (tertiary/aromatic N) is 4. The minimum Gasteiger partial charge on any atom is -0.457 e. The molecule has 8 heteroatoms. The first-order valence-corrected chi connectivity index (χ1v) is 8.51. The van der Waals surface area contributed by atoms with Crippen LogP contribution in [0.15, 0.2) is 65.9 Å². The standard InChI is InChI=1S/C19H22N6O.HI/c1-2-18-24-22-14-25(18)12-11-21-19(20)23-15-7-6-10-17(13-15)26-16-8-4-3-5-9-16;/h3-10,13-14H,2,11-12H2,1H3,(H3,20,21,23);1H. The molecule has 7 nitrogen and oxygen atoms in total. The van der Waals surface area contributed by atoms with E-state index in [4.69, 9.17) is 10.5 Å². The number of benzene rings is 2. The number of hydrogen-bond acceptors (Lipinski definition) is 4. The molecule has 0 saturated heterocycles. The number of aliphatic imine (C=N–C) groups is 1. The van der Waals surface area contributed by atoms with E-state index in [0.29, 0.717) is 19.0 Å². The van der Waals surface area contributed by atoms with Crippen LogP contribution >= 0.6 is 24.0 Å². The van der Waals surface area contributed by atoms with Crippen LogP contribution in [0.3, 0.4) is 0 Å². The summed E-state index contributed by atoms with van der Waals surface area (Å²) in [4.78, 5) is 4.35. The monoisotopic (exact) mass is 478 g/mol. The highest BCUT2D eigenvalue weighted by Gasteiger charge is 2.02. The highest BCUT2D eigenvalue weighted by Crippen LogP contribution is 2.23. The smallest absolute Gasteiger partial charge is 0.193 e. The minimum atomic E-state index is 0. The lowest BCUT2D eigenvalue weighted by Gasteiger charge is -2.09. The molecule has 0 fully saturated rings. The van der Waals surface area contributed by atoms with Crippen molar-refractivity contribution < 1.29 is 4.74 Å². The van der Waals surface area contributed by atoms with E-state index in [1.54, 1.807) is 6.33 Å². The zero-order valence-electron chi connectivity index (χ0n) is 15.1. The number of hydrogen-bond donors (Lipinski definition) is 2. The number of para-hydroxylation sites is 1. The molecule has 0 spiro atoms. The van der Waals surface area contributed by atoms with E-state index >= 15 is 0 Å². The van der Waals surface area contributed by atoms with Crippen LogP contribution in [0.1, 0.15) is 12.7 Å². The predicted molar refractivity (Wildman–Crippen MR) is 118 cm³/mol. The van der Waals surface area contributed by atoms with Gasteiger partial charge in [0.1, 0.15) is 23.7 Å². The van der Waals surface area contributed by atoms with E-state index < -0.39 is 0 Å². The molecule has 3 aromatic rings. The lowest BCUT2D eigenvalue weighted by atomic mass is 10.3. The van der Waals surface area contributed by atoms with Gasteiger partial charge in [0, 0.05) is 24.7 Å². The first-order chi connectivity index (χ1) is 12.7. The predicted octanol–water partition coefficient (Wildman–Crippen LogP) is 3.68. The molecule has 0 bridgehead atoms. The zero-order chi connectivity index (χ0) is 18.2. The highest BCUT2D eigenvalue weighted by atomic mass is 127. The van der Waals surface area contributed by atoms with Gasteiger partial charge in [-0.1, -0.05) is 31.2 Å². The maximum atomic E-state index is 5.98. The summed E-state index contributed by atoms with van der Waals surface area (Å²) in [6, 6.07) is 17.2. The van der Waals surface area contributed by atoms with E-state index in [0.717, 1.165) is 29.4 Å². The van der Waals surface area contributed by atoms with Crippen molar-refractivity contribution >= 4 is 35.6 Å². The van der Waals surface area contributed by atoms with Gasteiger partial charge >= 0.3 is 0 Å². The van der Waals surface area contributed by atoms with Gasteiger partial charge in [0.15, 0.2) is 5.96 Å². The molecule has 27 heavy (non-hydrogen) atoms. The Morgan fingerprint density at radius 2 is 1.93 bits per heavy atom.